The first-order valence-corrected chi connectivity index (χ1v) is 16.1. The molecule has 0 amide bonds. The van der Waals surface area contributed by atoms with Crippen LogP contribution in [0.3, 0.4) is 0 Å². The van der Waals surface area contributed by atoms with E-state index in [-0.39, 0.29) is 11.3 Å². The van der Waals surface area contributed by atoms with Gasteiger partial charge in [0.15, 0.2) is 0 Å². The molecule has 0 aromatic carbocycles. The zero-order valence-electron chi connectivity index (χ0n) is 26.8. The van der Waals surface area contributed by atoms with Crippen molar-refractivity contribution in [3.63, 3.8) is 0 Å². The maximum absolute atomic E-state index is 11.8. The molecule has 224 valence electrons. The molecule has 0 saturated heterocycles. The molecule has 0 spiro atoms. The van der Waals surface area contributed by atoms with Gasteiger partial charge in [-0.05, 0) is 96.0 Å². The Morgan fingerprint density at radius 2 is 1.60 bits per heavy atom. The summed E-state index contributed by atoms with van der Waals surface area (Å²) in [6.07, 6.45) is 38.9. The second-order valence-electron chi connectivity index (χ2n) is 12.4. The molecule has 1 aliphatic carbocycles. The van der Waals surface area contributed by atoms with Crippen LogP contribution < -0.4 is 0 Å². The average molecular weight is 549 g/mol. The van der Waals surface area contributed by atoms with Crippen molar-refractivity contribution in [2.45, 2.75) is 138 Å². The Labute approximate surface area is 247 Å². The fraction of sp³-hybridized carbons (Fsp3) is 0.605. The highest BCUT2D eigenvalue weighted by Gasteiger charge is 2.26. The van der Waals surface area contributed by atoms with Crippen LogP contribution in [0, 0.1) is 11.3 Å². The van der Waals surface area contributed by atoms with E-state index in [0.717, 1.165) is 37.7 Å². The van der Waals surface area contributed by atoms with Crippen molar-refractivity contribution in [2.75, 3.05) is 0 Å². The fourth-order valence-electron chi connectivity index (χ4n) is 5.40. The Morgan fingerprint density at radius 1 is 0.925 bits per heavy atom. The first kappa shape index (κ1) is 35.7. The molecule has 0 aromatic rings. The van der Waals surface area contributed by atoms with Crippen LogP contribution in [0.15, 0.2) is 83.1 Å². The number of carboxylic acids is 1. The van der Waals surface area contributed by atoms with Crippen molar-refractivity contribution in [3.05, 3.63) is 83.1 Å². The summed E-state index contributed by atoms with van der Waals surface area (Å²) in [5.41, 5.74) is 5.61. The summed E-state index contributed by atoms with van der Waals surface area (Å²) in [6.45, 7) is 13.4. The van der Waals surface area contributed by atoms with Crippen LogP contribution in [0.4, 0.5) is 0 Å². The summed E-state index contributed by atoms with van der Waals surface area (Å²) < 4.78 is 0. The first-order chi connectivity index (χ1) is 19.2. The Balaban J connectivity index is 2.34. The van der Waals surface area contributed by atoms with Gasteiger partial charge in [0.1, 0.15) is 0 Å². The molecule has 2 heteroatoms. The van der Waals surface area contributed by atoms with Crippen molar-refractivity contribution in [2.24, 2.45) is 11.3 Å². The Bertz CT molecular complexity index is 933. The maximum Gasteiger partial charge on any atom is 0.306 e. The van der Waals surface area contributed by atoms with E-state index in [9.17, 15) is 9.90 Å². The van der Waals surface area contributed by atoms with E-state index in [0.29, 0.717) is 6.42 Å². The van der Waals surface area contributed by atoms with Gasteiger partial charge >= 0.3 is 5.97 Å². The summed E-state index contributed by atoms with van der Waals surface area (Å²) in [6, 6.07) is 0. The third-order valence-corrected chi connectivity index (χ3v) is 8.10. The monoisotopic (exact) mass is 548 g/mol. The molecule has 1 N–H and O–H groups in total. The lowest BCUT2D eigenvalue weighted by Gasteiger charge is -2.32. The van der Waals surface area contributed by atoms with Gasteiger partial charge in [-0.1, -0.05) is 130 Å². The standard InChI is InChI=1S/C38H60O2/c1-7-8-9-10-11-12-13-14-15-16-17-18-19-20-26-35(37(39)40)29-27-32(2)23-21-24-33(3)28-30-36-34(4)25-22-31-38(36,5)6/h11-12,14-15,21,23-24,27-28,30,35H,7-10,13,16-20,22,25-26,29,31H2,1-6H3,(H,39,40). The van der Waals surface area contributed by atoms with Crippen molar-refractivity contribution in [3.8, 4) is 0 Å². The number of unbranched alkanes of at least 4 members (excludes halogenated alkanes) is 7. The van der Waals surface area contributed by atoms with Gasteiger partial charge in [-0.2, -0.15) is 0 Å². The highest BCUT2D eigenvalue weighted by Crippen LogP contribution is 2.40. The van der Waals surface area contributed by atoms with Gasteiger partial charge in [0, 0.05) is 0 Å². The second-order valence-corrected chi connectivity index (χ2v) is 12.4. The maximum atomic E-state index is 11.8. The molecule has 0 aliphatic heterocycles. The van der Waals surface area contributed by atoms with Crippen molar-refractivity contribution in [1.82, 2.24) is 0 Å². The van der Waals surface area contributed by atoms with Crippen LogP contribution in [0.2, 0.25) is 0 Å². The van der Waals surface area contributed by atoms with Crippen LogP contribution in [0.5, 0.6) is 0 Å². The second kappa shape index (κ2) is 21.4. The molecule has 1 rings (SSSR count). The summed E-state index contributed by atoms with van der Waals surface area (Å²) >= 11 is 0. The van der Waals surface area contributed by atoms with Gasteiger partial charge in [-0.3, -0.25) is 4.79 Å². The number of hydrogen-bond acceptors (Lipinski definition) is 1. The molecule has 0 saturated carbocycles. The zero-order valence-corrected chi connectivity index (χ0v) is 26.8. The van der Waals surface area contributed by atoms with E-state index >= 15 is 0 Å². The van der Waals surface area contributed by atoms with Crippen LogP contribution in [-0.2, 0) is 4.79 Å². The lowest BCUT2D eigenvalue weighted by Crippen LogP contribution is -2.19. The van der Waals surface area contributed by atoms with E-state index in [4.69, 9.17) is 0 Å². The fourth-order valence-corrected chi connectivity index (χ4v) is 5.40. The van der Waals surface area contributed by atoms with E-state index in [2.05, 4.69) is 102 Å². The van der Waals surface area contributed by atoms with Gasteiger partial charge in [-0.15, -0.1) is 0 Å². The average Bonchev–Trinajstić information content (AvgIpc) is 2.89. The van der Waals surface area contributed by atoms with Crippen LogP contribution in [-0.4, -0.2) is 11.1 Å². The van der Waals surface area contributed by atoms with Gasteiger partial charge in [0.05, 0.1) is 5.92 Å². The topological polar surface area (TPSA) is 37.3 Å². The Morgan fingerprint density at radius 3 is 2.25 bits per heavy atom. The van der Waals surface area contributed by atoms with Crippen molar-refractivity contribution >= 4 is 5.97 Å². The van der Waals surface area contributed by atoms with Gasteiger partial charge in [0.2, 0.25) is 0 Å². The Kier molecular flexibility index (Phi) is 19.1. The molecule has 1 aliphatic rings. The molecule has 0 bridgehead atoms. The zero-order chi connectivity index (χ0) is 29.6. The molecular formula is C38H60O2. The van der Waals surface area contributed by atoms with Crippen LogP contribution in [0.1, 0.15) is 138 Å². The summed E-state index contributed by atoms with van der Waals surface area (Å²) in [4.78, 5) is 11.8. The quantitative estimate of drug-likeness (QED) is 0.0933. The molecule has 0 radical (unpaired) electrons. The third kappa shape index (κ3) is 16.7. The van der Waals surface area contributed by atoms with E-state index in [1.807, 2.05) is 0 Å². The Hall–Kier alpha value is -2.35. The molecule has 2 nitrogen and oxygen atoms in total. The SMILES string of the molecule is CCCCCC=CCC=CCCCCCCC(CC=C(C)C=CC=C(C)C=CC1=C(C)CCCC1(C)C)C(=O)O. The minimum atomic E-state index is -0.671. The van der Waals surface area contributed by atoms with E-state index in [1.165, 1.54) is 74.5 Å². The van der Waals surface area contributed by atoms with Gasteiger partial charge < -0.3 is 5.11 Å². The molecule has 1 unspecified atom stereocenters. The van der Waals surface area contributed by atoms with Crippen molar-refractivity contribution in [1.29, 1.82) is 0 Å². The number of carboxylic acid groups (broad SMARTS) is 1. The van der Waals surface area contributed by atoms with Gasteiger partial charge in [-0.25, -0.2) is 0 Å². The first-order valence-electron chi connectivity index (χ1n) is 16.1. The highest BCUT2D eigenvalue weighted by atomic mass is 16.4. The molecular weight excluding hydrogens is 488 g/mol. The summed E-state index contributed by atoms with van der Waals surface area (Å²) in [5.74, 6) is -0.960. The minimum absolute atomic E-state index is 0.261. The molecule has 0 fully saturated rings. The lowest BCUT2D eigenvalue weighted by molar-refractivity contribution is -0.141. The van der Waals surface area contributed by atoms with Crippen LogP contribution in [0.25, 0.3) is 0 Å². The van der Waals surface area contributed by atoms with E-state index < -0.39 is 5.97 Å². The summed E-state index contributed by atoms with van der Waals surface area (Å²) in [7, 11) is 0. The number of carbonyl (C=O) groups is 1. The molecule has 1 atom stereocenters. The lowest BCUT2D eigenvalue weighted by atomic mass is 9.72. The smallest absolute Gasteiger partial charge is 0.306 e. The highest BCUT2D eigenvalue weighted by molar-refractivity contribution is 5.70. The number of hydrogen-bond donors (Lipinski definition) is 1. The number of aliphatic carboxylic acids is 1. The minimum Gasteiger partial charge on any atom is -0.481 e. The molecule has 40 heavy (non-hydrogen) atoms. The number of rotatable bonds is 20. The molecule has 0 heterocycles. The summed E-state index contributed by atoms with van der Waals surface area (Å²) in [5, 5.41) is 9.68. The number of allylic oxidation sites excluding steroid dienone is 14. The van der Waals surface area contributed by atoms with E-state index in [1.54, 1.807) is 0 Å². The van der Waals surface area contributed by atoms with Crippen LogP contribution >= 0.6 is 0 Å². The molecule has 0 aromatic heterocycles. The normalized spacial score (nSPS) is 17.8. The predicted octanol–water partition coefficient (Wildman–Crippen LogP) is 12.0. The van der Waals surface area contributed by atoms with Gasteiger partial charge in [0.25, 0.3) is 0 Å². The predicted molar refractivity (Wildman–Crippen MR) is 177 cm³/mol. The largest absolute Gasteiger partial charge is 0.481 e. The third-order valence-electron chi connectivity index (χ3n) is 8.10. The van der Waals surface area contributed by atoms with Crippen molar-refractivity contribution < 1.29 is 9.90 Å².